The molecule has 2 aromatic carbocycles. The van der Waals surface area contributed by atoms with Gasteiger partial charge in [-0.15, -0.1) is 0 Å². The van der Waals surface area contributed by atoms with E-state index in [0.29, 0.717) is 17.7 Å². The van der Waals surface area contributed by atoms with E-state index in [4.69, 9.17) is 0 Å². The molecule has 1 amide bonds. The first-order valence-corrected chi connectivity index (χ1v) is 11.1. The average molecular weight is 387 g/mol. The Morgan fingerprint density at radius 1 is 1.22 bits per heavy atom. The first-order chi connectivity index (χ1) is 12.8. The van der Waals surface area contributed by atoms with Crippen molar-refractivity contribution in [3.8, 4) is 0 Å². The van der Waals surface area contributed by atoms with Gasteiger partial charge in [-0.05, 0) is 49.1 Å². The Bertz CT molecular complexity index is 926. The number of hydrogen-bond acceptors (Lipinski definition) is 3. The van der Waals surface area contributed by atoms with Gasteiger partial charge in [0.05, 0.1) is 18.0 Å². The number of benzene rings is 2. The van der Waals surface area contributed by atoms with E-state index in [2.05, 4.69) is 12.2 Å². The number of amides is 1. The van der Waals surface area contributed by atoms with Gasteiger partial charge in [0, 0.05) is 11.6 Å². The fourth-order valence-corrected chi connectivity index (χ4v) is 5.05. The van der Waals surface area contributed by atoms with Gasteiger partial charge >= 0.3 is 0 Å². The highest BCUT2D eigenvalue weighted by molar-refractivity contribution is 7.92. The molecule has 1 aliphatic heterocycles. The molecule has 0 aromatic heterocycles. The van der Waals surface area contributed by atoms with Gasteiger partial charge in [-0.3, -0.25) is 9.10 Å². The van der Waals surface area contributed by atoms with Gasteiger partial charge in [0.15, 0.2) is 0 Å². The van der Waals surface area contributed by atoms with E-state index >= 15 is 0 Å². The van der Waals surface area contributed by atoms with Crippen molar-refractivity contribution in [2.24, 2.45) is 0 Å². The largest absolute Gasteiger partial charge is 0.345 e. The van der Waals surface area contributed by atoms with Gasteiger partial charge in [0.1, 0.15) is 0 Å². The predicted molar refractivity (Wildman–Crippen MR) is 108 cm³/mol. The zero-order chi connectivity index (χ0) is 19.6. The molecule has 0 spiro atoms. The number of carbonyl (C=O) groups is 1. The van der Waals surface area contributed by atoms with E-state index in [0.717, 1.165) is 24.0 Å². The molecule has 5 nitrogen and oxygen atoms in total. The number of carbonyl (C=O) groups excluding carboxylic acids is 1. The Labute approximate surface area is 161 Å². The summed E-state index contributed by atoms with van der Waals surface area (Å²) in [6, 6.07) is 15.0. The predicted octanol–water partition coefficient (Wildman–Crippen LogP) is 3.67. The number of fused-ring (bicyclic) bond motifs is 1. The van der Waals surface area contributed by atoms with Crippen molar-refractivity contribution in [3.05, 3.63) is 65.2 Å². The number of hydrogen-bond donors (Lipinski definition) is 1. The number of rotatable bonds is 6. The van der Waals surface area contributed by atoms with E-state index < -0.39 is 10.0 Å². The molecule has 2 aromatic rings. The minimum absolute atomic E-state index is 0.0385. The van der Waals surface area contributed by atoms with Crippen molar-refractivity contribution in [1.29, 1.82) is 0 Å². The second kappa shape index (κ2) is 7.72. The van der Waals surface area contributed by atoms with Gasteiger partial charge < -0.3 is 5.32 Å². The van der Waals surface area contributed by atoms with Crippen molar-refractivity contribution in [3.63, 3.8) is 0 Å². The lowest BCUT2D eigenvalue weighted by Crippen LogP contribution is -2.34. The van der Waals surface area contributed by atoms with Crippen LogP contribution in [0.5, 0.6) is 0 Å². The Kier molecular flexibility index (Phi) is 5.56. The molecule has 0 unspecified atom stereocenters. The van der Waals surface area contributed by atoms with Crippen LogP contribution in [0.2, 0.25) is 0 Å². The van der Waals surface area contributed by atoms with Crippen molar-refractivity contribution in [2.75, 3.05) is 10.6 Å². The number of anilines is 1. The lowest BCUT2D eigenvalue weighted by Gasteiger charge is -2.22. The fraction of sp³-hybridized carbons (Fsp3) is 0.381. The summed E-state index contributed by atoms with van der Waals surface area (Å²) in [6.07, 6.45) is 3.65. The molecule has 0 fully saturated rings. The molecular formula is C21H26N2O3S. The van der Waals surface area contributed by atoms with E-state index in [1.165, 1.54) is 10.6 Å². The Morgan fingerprint density at radius 2 is 1.93 bits per heavy atom. The van der Waals surface area contributed by atoms with Crippen LogP contribution in [0.3, 0.4) is 0 Å². The van der Waals surface area contributed by atoms with Crippen LogP contribution >= 0.6 is 0 Å². The Balaban J connectivity index is 1.83. The molecule has 0 aliphatic carbocycles. The minimum atomic E-state index is -3.33. The first-order valence-electron chi connectivity index (χ1n) is 9.29. The lowest BCUT2D eigenvalue weighted by molar-refractivity contribution is 0.0934. The van der Waals surface area contributed by atoms with Crippen LogP contribution in [0, 0.1) is 0 Å². The highest BCUT2D eigenvalue weighted by atomic mass is 32.2. The zero-order valence-electron chi connectivity index (χ0n) is 16.0. The monoisotopic (exact) mass is 386 g/mol. The lowest BCUT2D eigenvalue weighted by atomic mass is 10.0. The van der Waals surface area contributed by atoms with Gasteiger partial charge in [-0.2, -0.15) is 0 Å². The van der Waals surface area contributed by atoms with E-state index in [1.807, 2.05) is 43.3 Å². The molecular weight excluding hydrogens is 360 g/mol. The smallest absolute Gasteiger partial charge is 0.251 e. The van der Waals surface area contributed by atoms with Crippen LogP contribution in [0.4, 0.5) is 5.69 Å². The molecule has 2 atom stereocenters. The second-order valence-corrected chi connectivity index (χ2v) is 9.04. The molecule has 0 bridgehead atoms. The molecule has 0 saturated heterocycles. The topological polar surface area (TPSA) is 66.5 Å². The van der Waals surface area contributed by atoms with Crippen molar-refractivity contribution in [2.45, 2.75) is 45.2 Å². The quantitative estimate of drug-likeness (QED) is 0.824. The third kappa shape index (κ3) is 4.16. The molecule has 144 valence electrons. The maximum atomic E-state index is 12.8. The van der Waals surface area contributed by atoms with Crippen LogP contribution in [-0.4, -0.2) is 26.6 Å². The SMILES string of the molecule is CCC[C@H](NC(=O)c1ccc2c(c1)C[C@@H](C)N2S(C)(=O)=O)c1ccccc1. The van der Waals surface area contributed by atoms with Crippen molar-refractivity contribution >= 4 is 21.6 Å². The van der Waals surface area contributed by atoms with E-state index in [-0.39, 0.29) is 18.0 Å². The third-order valence-corrected chi connectivity index (χ3v) is 6.21. The molecule has 3 rings (SSSR count). The van der Waals surface area contributed by atoms with Crippen molar-refractivity contribution < 1.29 is 13.2 Å². The molecule has 1 N–H and O–H groups in total. The normalized spacial score (nSPS) is 17.4. The van der Waals surface area contributed by atoms with E-state index in [9.17, 15) is 13.2 Å². The minimum Gasteiger partial charge on any atom is -0.345 e. The van der Waals surface area contributed by atoms with Crippen LogP contribution in [0.1, 0.15) is 54.2 Å². The third-order valence-electron chi connectivity index (χ3n) is 4.94. The average Bonchev–Trinajstić information content (AvgIpc) is 2.97. The molecule has 1 aliphatic rings. The summed E-state index contributed by atoms with van der Waals surface area (Å²) in [4.78, 5) is 12.8. The standard InChI is InChI=1S/C21H26N2O3S/c1-4-8-19(16-9-6-5-7-10-16)22-21(24)17-11-12-20-18(14-17)13-15(2)23(20)27(3,25)26/h5-7,9-12,14-15,19H,4,8,13H2,1-3H3,(H,22,24)/t15-,19+/m1/s1. The highest BCUT2D eigenvalue weighted by Gasteiger charge is 2.32. The van der Waals surface area contributed by atoms with Crippen LogP contribution in [-0.2, 0) is 16.4 Å². The fourth-order valence-electron chi connectivity index (χ4n) is 3.79. The maximum Gasteiger partial charge on any atom is 0.251 e. The molecule has 0 radical (unpaired) electrons. The molecule has 0 saturated carbocycles. The van der Waals surface area contributed by atoms with Gasteiger partial charge in [-0.1, -0.05) is 43.7 Å². The summed E-state index contributed by atoms with van der Waals surface area (Å²) >= 11 is 0. The number of nitrogens with zero attached hydrogens (tertiary/aromatic N) is 1. The second-order valence-electron chi connectivity index (χ2n) is 7.18. The summed E-state index contributed by atoms with van der Waals surface area (Å²) in [6.45, 7) is 3.98. The summed E-state index contributed by atoms with van der Waals surface area (Å²) in [5.41, 5.74) is 3.22. The first kappa shape index (κ1) is 19.4. The van der Waals surface area contributed by atoms with Gasteiger partial charge in [-0.25, -0.2) is 8.42 Å². The van der Waals surface area contributed by atoms with Gasteiger partial charge in [0.2, 0.25) is 10.0 Å². The van der Waals surface area contributed by atoms with Crippen LogP contribution in [0.15, 0.2) is 48.5 Å². The number of sulfonamides is 1. The highest BCUT2D eigenvalue weighted by Crippen LogP contribution is 2.34. The zero-order valence-corrected chi connectivity index (χ0v) is 16.8. The van der Waals surface area contributed by atoms with E-state index in [1.54, 1.807) is 12.1 Å². The Morgan fingerprint density at radius 3 is 2.56 bits per heavy atom. The van der Waals surface area contributed by atoms with Gasteiger partial charge in [0.25, 0.3) is 5.91 Å². The molecule has 6 heteroatoms. The Hall–Kier alpha value is -2.34. The summed E-state index contributed by atoms with van der Waals surface area (Å²) in [5.74, 6) is -0.134. The maximum absolute atomic E-state index is 12.8. The summed E-state index contributed by atoms with van der Waals surface area (Å²) < 4.78 is 25.5. The molecule has 27 heavy (non-hydrogen) atoms. The summed E-state index contributed by atoms with van der Waals surface area (Å²) in [7, 11) is -3.33. The summed E-state index contributed by atoms with van der Waals surface area (Å²) in [5, 5.41) is 3.12. The van der Waals surface area contributed by atoms with Crippen LogP contribution < -0.4 is 9.62 Å². The van der Waals surface area contributed by atoms with Crippen molar-refractivity contribution in [1.82, 2.24) is 5.32 Å². The number of nitrogens with one attached hydrogen (secondary N) is 1. The molecule has 1 heterocycles. The van der Waals surface area contributed by atoms with Crippen LogP contribution in [0.25, 0.3) is 0 Å².